The summed E-state index contributed by atoms with van der Waals surface area (Å²) in [5, 5.41) is 0. The molecule has 138 valence electrons. The summed E-state index contributed by atoms with van der Waals surface area (Å²) in [6.45, 7) is 2.18. The number of rotatable bonds is 5. The summed E-state index contributed by atoms with van der Waals surface area (Å²) in [5.74, 6) is 0.991. The van der Waals surface area contributed by atoms with Gasteiger partial charge in [0.05, 0.1) is 0 Å². The van der Waals surface area contributed by atoms with Gasteiger partial charge in [0, 0.05) is 16.6 Å². The summed E-state index contributed by atoms with van der Waals surface area (Å²) in [4.78, 5) is 15.3. The molecule has 0 atom stereocenters. The second-order valence-corrected chi connectivity index (χ2v) is 8.50. The molecule has 0 bridgehead atoms. The van der Waals surface area contributed by atoms with E-state index in [0.717, 1.165) is 15.8 Å². The third-order valence-corrected chi connectivity index (χ3v) is 6.21. The van der Waals surface area contributed by atoms with Crippen molar-refractivity contribution < 1.29 is 9.53 Å². The zero-order chi connectivity index (χ0) is 17.6. The van der Waals surface area contributed by atoms with Crippen molar-refractivity contribution >= 4 is 21.8 Å². The van der Waals surface area contributed by atoms with Crippen molar-refractivity contribution in [3.63, 3.8) is 0 Å². The first-order valence-electron chi connectivity index (χ1n) is 9.85. The Balaban J connectivity index is 1.67. The molecule has 0 unspecified atom stereocenters. The largest absolute Gasteiger partial charge is 0.483 e. The zero-order valence-corrected chi connectivity index (χ0v) is 16.9. The van der Waals surface area contributed by atoms with Gasteiger partial charge in [-0.15, -0.1) is 0 Å². The molecule has 0 radical (unpaired) electrons. The minimum absolute atomic E-state index is 0.162. The lowest BCUT2D eigenvalue weighted by atomic mass is 9.88. The molecule has 3 rings (SSSR count). The lowest BCUT2D eigenvalue weighted by Gasteiger charge is -2.41. The summed E-state index contributed by atoms with van der Waals surface area (Å²) in [6, 6.07) is 6.79. The van der Waals surface area contributed by atoms with E-state index in [1.807, 2.05) is 25.1 Å². The van der Waals surface area contributed by atoms with Crippen molar-refractivity contribution in [2.75, 3.05) is 6.61 Å². The molecule has 2 fully saturated rings. The normalized spacial score (nSPS) is 19.6. The van der Waals surface area contributed by atoms with E-state index in [1.54, 1.807) is 0 Å². The fourth-order valence-corrected chi connectivity index (χ4v) is 4.89. The summed E-state index contributed by atoms with van der Waals surface area (Å²) < 4.78 is 6.94. The van der Waals surface area contributed by atoms with Crippen molar-refractivity contribution in [2.24, 2.45) is 0 Å². The highest BCUT2D eigenvalue weighted by Gasteiger charge is 2.32. The lowest BCUT2D eigenvalue weighted by Crippen LogP contribution is -2.50. The Hall–Kier alpha value is -1.03. The van der Waals surface area contributed by atoms with E-state index in [1.165, 1.54) is 64.2 Å². The summed E-state index contributed by atoms with van der Waals surface area (Å²) in [7, 11) is 0. The van der Waals surface area contributed by atoms with Gasteiger partial charge in [0.1, 0.15) is 5.75 Å². The second kappa shape index (κ2) is 9.07. The van der Waals surface area contributed by atoms with Gasteiger partial charge >= 0.3 is 0 Å². The van der Waals surface area contributed by atoms with Gasteiger partial charge in [-0.25, -0.2) is 0 Å². The molecule has 25 heavy (non-hydrogen) atoms. The molecule has 0 saturated heterocycles. The number of carbonyl (C=O) groups is 1. The van der Waals surface area contributed by atoms with Crippen LogP contribution in [0.2, 0.25) is 0 Å². The van der Waals surface area contributed by atoms with Crippen LogP contribution in [0, 0.1) is 6.92 Å². The van der Waals surface area contributed by atoms with Crippen molar-refractivity contribution in [3.8, 4) is 5.75 Å². The molecule has 0 N–H and O–H groups in total. The van der Waals surface area contributed by atoms with Crippen LogP contribution >= 0.6 is 15.9 Å². The molecule has 2 aliphatic rings. The number of amides is 1. The quantitative estimate of drug-likeness (QED) is 0.632. The molecule has 1 aromatic rings. The number of aryl methyl sites for hydroxylation is 1. The van der Waals surface area contributed by atoms with Crippen LogP contribution in [-0.4, -0.2) is 29.5 Å². The predicted octanol–water partition coefficient (Wildman–Crippen LogP) is 5.63. The number of ether oxygens (including phenoxy) is 1. The van der Waals surface area contributed by atoms with E-state index in [2.05, 4.69) is 20.8 Å². The molecule has 0 aliphatic heterocycles. The maximum absolute atomic E-state index is 13.1. The summed E-state index contributed by atoms with van der Waals surface area (Å²) in [6.07, 6.45) is 12.3. The average Bonchev–Trinajstić information content (AvgIpc) is 2.63. The third-order valence-electron chi connectivity index (χ3n) is 5.71. The Morgan fingerprint density at radius 3 is 2.12 bits per heavy atom. The summed E-state index contributed by atoms with van der Waals surface area (Å²) in [5.41, 5.74) is 1.06. The van der Waals surface area contributed by atoms with Crippen LogP contribution in [0.1, 0.15) is 69.8 Å². The van der Waals surface area contributed by atoms with Gasteiger partial charge in [-0.2, -0.15) is 0 Å². The first-order valence-corrected chi connectivity index (χ1v) is 10.6. The maximum atomic E-state index is 13.1. The SMILES string of the molecule is Cc1cc(Br)ccc1OCC(=O)N(C1CCCCC1)C1CCCCC1. The minimum Gasteiger partial charge on any atom is -0.483 e. The number of nitrogens with zero attached hydrogens (tertiary/aromatic N) is 1. The van der Waals surface area contributed by atoms with E-state index in [9.17, 15) is 4.79 Å². The van der Waals surface area contributed by atoms with Gasteiger partial charge in [-0.1, -0.05) is 54.5 Å². The van der Waals surface area contributed by atoms with Gasteiger partial charge in [-0.05, 0) is 56.4 Å². The zero-order valence-electron chi connectivity index (χ0n) is 15.3. The second-order valence-electron chi connectivity index (χ2n) is 7.58. The van der Waals surface area contributed by atoms with Crippen LogP contribution < -0.4 is 4.74 Å². The van der Waals surface area contributed by atoms with E-state index in [0.29, 0.717) is 12.1 Å². The van der Waals surface area contributed by atoms with Gasteiger partial charge in [0.15, 0.2) is 6.61 Å². The van der Waals surface area contributed by atoms with Gasteiger partial charge < -0.3 is 9.64 Å². The Bertz CT molecular complexity index is 559. The van der Waals surface area contributed by atoms with E-state index < -0.39 is 0 Å². The van der Waals surface area contributed by atoms with E-state index >= 15 is 0 Å². The molecule has 1 amide bonds. The van der Waals surface area contributed by atoms with Crippen molar-refractivity contribution in [1.29, 1.82) is 0 Å². The summed E-state index contributed by atoms with van der Waals surface area (Å²) >= 11 is 3.47. The van der Waals surface area contributed by atoms with Gasteiger partial charge in [0.25, 0.3) is 5.91 Å². The van der Waals surface area contributed by atoms with Crippen molar-refractivity contribution in [3.05, 3.63) is 28.2 Å². The van der Waals surface area contributed by atoms with E-state index in [-0.39, 0.29) is 12.5 Å². The highest BCUT2D eigenvalue weighted by molar-refractivity contribution is 9.10. The molecule has 0 heterocycles. The van der Waals surface area contributed by atoms with Crippen LogP contribution in [0.4, 0.5) is 0 Å². The number of hydrogen-bond donors (Lipinski definition) is 0. The topological polar surface area (TPSA) is 29.5 Å². The predicted molar refractivity (Wildman–Crippen MR) is 105 cm³/mol. The highest BCUT2D eigenvalue weighted by Crippen LogP contribution is 2.30. The van der Waals surface area contributed by atoms with E-state index in [4.69, 9.17) is 4.74 Å². The molecule has 1 aromatic carbocycles. The highest BCUT2D eigenvalue weighted by atomic mass is 79.9. The molecule has 4 heteroatoms. The Morgan fingerprint density at radius 2 is 1.60 bits per heavy atom. The number of benzene rings is 1. The first-order chi connectivity index (χ1) is 12.1. The van der Waals surface area contributed by atoms with Crippen LogP contribution in [0.25, 0.3) is 0 Å². The standard InChI is InChI=1S/C21H30BrNO2/c1-16-14-17(22)12-13-20(16)25-15-21(24)23(18-8-4-2-5-9-18)19-10-6-3-7-11-19/h12-14,18-19H,2-11,15H2,1H3. The van der Waals surface area contributed by atoms with Crippen molar-refractivity contribution in [1.82, 2.24) is 4.90 Å². The monoisotopic (exact) mass is 407 g/mol. The average molecular weight is 408 g/mol. The maximum Gasteiger partial charge on any atom is 0.261 e. The number of halogens is 1. The number of hydrogen-bond acceptors (Lipinski definition) is 2. The molecular formula is C21H30BrNO2. The molecule has 3 nitrogen and oxygen atoms in total. The van der Waals surface area contributed by atoms with Crippen LogP contribution in [-0.2, 0) is 4.79 Å². The van der Waals surface area contributed by atoms with Crippen LogP contribution in [0.15, 0.2) is 22.7 Å². The molecule has 0 aromatic heterocycles. The third kappa shape index (κ3) is 4.99. The Labute approximate surface area is 160 Å². The van der Waals surface area contributed by atoms with Gasteiger partial charge in [0.2, 0.25) is 0 Å². The Kier molecular flexibility index (Phi) is 6.80. The smallest absolute Gasteiger partial charge is 0.261 e. The molecule has 0 spiro atoms. The van der Waals surface area contributed by atoms with Crippen molar-refractivity contribution in [2.45, 2.75) is 83.2 Å². The fraction of sp³-hybridized carbons (Fsp3) is 0.667. The fourth-order valence-electron chi connectivity index (χ4n) is 4.41. The first kappa shape index (κ1) is 18.8. The van der Waals surface area contributed by atoms with Gasteiger partial charge in [-0.3, -0.25) is 4.79 Å². The van der Waals surface area contributed by atoms with Crippen LogP contribution in [0.3, 0.4) is 0 Å². The molecular weight excluding hydrogens is 378 g/mol. The lowest BCUT2D eigenvalue weighted by molar-refractivity contribution is -0.140. The van der Waals surface area contributed by atoms with Crippen LogP contribution in [0.5, 0.6) is 5.75 Å². The minimum atomic E-state index is 0.162. The number of carbonyl (C=O) groups excluding carboxylic acids is 1. The molecule has 2 aliphatic carbocycles. The molecule has 2 saturated carbocycles. The Morgan fingerprint density at radius 1 is 1.04 bits per heavy atom.